The monoisotopic (exact) mass is 495 g/mol. The van der Waals surface area contributed by atoms with Gasteiger partial charge in [-0.05, 0) is 37.9 Å². The third-order valence-electron chi connectivity index (χ3n) is 4.93. The highest BCUT2D eigenvalue weighted by Gasteiger charge is 2.14. The Hall–Kier alpha value is -3.94. The average Bonchev–Trinajstić information content (AvgIpc) is 3.29. The van der Waals surface area contributed by atoms with Crippen molar-refractivity contribution in [2.24, 2.45) is 5.10 Å². The maximum atomic E-state index is 12.4. The van der Waals surface area contributed by atoms with E-state index in [0.29, 0.717) is 47.2 Å². The predicted molar refractivity (Wildman–Crippen MR) is 132 cm³/mol. The summed E-state index contributed by atoms with van der Waals surface area (Å²) in [6.07, 6.45) is 4.59. The molecule has 3 aromatic heterocycles. The van der Waals surface area contributed by atoms with E-state index in [1.54, 1.807) is 48.5 Å². The van der Waals surface area contributed by atoms with Crippen molar-refractivity contribution in [3.05, 3.63) is 60.6 Å². The maximum absolute atomic E-state index is 12.4. The van der Waals surface area contributed by atoms with Gasteiger partial charge in [-0.2, -0.15) is 19.9 Å². The van der Waals surface area contributed by atoms with Crippen molar-refractivity contribution in [1.29, 1.82) is 0 Å². The van der Waals surface area contributed by atoms with Crippen molar-refractivity contribution in [2.75, 3.05) is 39.7 Å². The maximum Gasteiger partial charge on any atom is 0.240 e. The summed E-state index contributed by atoms with van der Waals surface area (Å²) < 4.78 is 34.1. The van der Waals surface area contributed by atoms with Gasteiger partial charge >= 0.3 is 0 Å². The molecule has 13 heteroatoms. The van der Waals surface area contributed by atoms with Crippen molar-refractivity contribution in [2.45, 2.75) is 4.90 Å². The first kappa shape index (κ1) is 24.2. The first-order valence-corrected chi connectivity index (χ1v) is 12.1. The van der Waals surface area contributed by atoms with Crippen LogP contribution in [0.4, 0.5) is 5.82 Å². The van der Waals surface area contributed by atoms with Gasteiger partial charge in [0.2, 0.25) is 15.9 Å². The number of anilines is 1. The zero-order chi connectivity index (χ0) is 24.8. The number of benzene rings is 1. The van der Waals surface area contributed by atoms with Gasteiger partial charge in [0.05, 0.1) is 29.8 Å². The Labute approximate surface area is 202 Å². The molecule has 0 bridgehead atoms. The van der Waals surface area contributed by atoms with Crippen LogP contribution in [0.3, 0.4) is 0 Å². The topological polar surface area (TPSA) is 140 Å². The number of nitrogens with zero attached hydrogens (tertiary/aromatic N) is 7. The number of hydrazone groups is 1. The average molecular weight is 496 g/mol. The molecular formula is C22H25N9O3S. The molecule has 0 atom stereocenters. The number of methoxy groups -OCH3 is 1. The molecule has 1 aromatic carbocycles. The number of sulfonamides is 1. The van der Waals surface area contributed by atoms with Gasteiger partial charge in [-0.1, -0.05) is 18.2 Å². The predicted octanol–water partition coefficient (Wildman–Crippen LogP) is 1.50. The molecule has 3 heterocycles. The zero-order valence-electron chi connectivity index (χ0n) is 19.5. The molecule has 0 saturated heterocycles. The number of nitrogens with one attached hydrogen (secondary N) is 2. The van der Waals surface area contributed by atoms with Crippen LogP contribution < -0.4 is 14.9 Å². The van der Waals surface area contributed by atoms with E-state index in [4.69, 9.17) is 4.74 Å². The molecule has 0 saturated carbocycles. The molecule has 35 heavy (non-hydrogen) atoms. The van der Waals surface area contributed by atoms with E-state index in [-0.39, 0.29) is 4.90 Å². The number of rotatable bonds is 10. The smallest absolute Gasteiger partial charge is 0.240 e. The third kappa shape index (κ3) is 5.77. The van der Waals surface area contributed by atoms with Gasteiger partial charge in [0.15, 0.2) is 17.3 Å². The lowest BCUT2D eigenvalue weighted by Gasteiger charge is -2.11. The highest BCUT2D eigenvalue weighted by Crippen LogP contribution is 2.21. The van der Waals surface area contributed by atoms with Crippen molar-refractivity contribution in [1.82, 2.24) is 34.4 Å². The van der Waals surface area contributed by atoms with Crippen molar-refractivity contribution in [3.8, 4) is 11.7 Å². The second kappa shape index (κ2) is 10.5. The number of likely N-dealkylation sites (N-methyl/N-ethyl adjacent to an activating group) is 1. The van der Waals surface area contributed by atoms with Gasteiger partial charge in [-0.15, -0.1) is 0 Å². The SMILES string of the molecule is COc1cccc(-n2ncc3c(N/N=C\c4ccc(S(=O)(=O)NCCN(C)C)cc4)ncnc32)n1. The van der Waals surface area contributed by atoms with Crippen LogP contribution in [0, 0.1) is 0 Å². The minimum absolute atomic E-state index is 0.192. The first-order valence-electron chi connectivity index (χ1n) is 10.6. The Balaban J connectivity index is 1.46. The minimum Gasteiger partial charge on any atom is -0.481 e. The molecule has 0 aliphatic rings. The molecule has 12 nitrogen and oxygen atoms in total. The van der Waals surface area contributed by atoms with Crippen LogP contribution >= 0.6 is 0 Å². The fourth-order valence-electron chi connectivity index (χ4n) is 3.12. The second-order valence-electron chi connectivity index (χ2n) is 7.69. The third-order valence-corrected chi connectivity index (χ3v) is 6.40. The number of hydrogen-bond donors (Lipinski definition) is 2. The van der Waals surface area contributed by atoms with Crippen LogP contribution in [-0.2, 0) is 10.0 Å². The van der Waals surface area contributed by atoms with Gasteiger partial charge in [-0.25, -0.2) is 23.1 Å². The lowest BCUT2D eigenvalue weighted by Crippen LogP contribution is -2.31. The fourth-order valence-corrected chi connectivity index (χ4v) is 4.15. The van der Waals surface area contributed by atoms with E-state index in [0.717, 1.165) is 0 Å². The molecular weight excluding hydrogens is 470 g/mol. The van der Waals surface area contributed by atoms with Crippen LogP contribution in [0.25, 0.3) is 16.9 Å². The Morgan fingerprint density at radius 2 is 1.94 bits per heavy atom. The van der Waals surface area contributed by atoms with Gasteiger partial charge in [-0.3, -0.25) is 5.43 Å². The summed E-state index contributed by atoms with van der Waals surface area (Å²) in [5.41, 5.74) is 4.16. The number of aromatic nitrogens is 5. The van der Waals surface area contributed by atoms with E-state index in [1.807, 2.05) is 25.1 Å². The van der Waals surface area contributed by atoms with E-state index >= 15 is 0 Å². The van der Waals surface area contributed by atoms with Crippen LogP contribution in [0.1, 0.15) is 5.56 Å². The van der Waals surface area contributed by atoms with E-state index in [1.165, 1.54) is 18.5 Å². The quantitative estimate of drug-likeness (QED) is 0.247. The Bertz CT molecular complexity index is 1430. The number of pyridine rings is 1. The summed E-state index contributed by atoms with van der Waals surface area (Å²) in [6, 6.07) is 11.8. The number of fused-ring (bicyclic) bond motifs is 1. The normalized spacial score (nSPS) is 12.0. The highest BCUT2D eigenvalue weighted by molar-refractivity contribution is 7.89. The van der Waals surface area contributed by atoms with E-state index in [9.17, 15) is 8.42 Å². The summed E-state index contributed by atoms with van der Waals surface area (Å²) in [5, 5.41) is 9.25. The summed E-state index contributed by atoms with van der Waals surface area (Å²) in [7, 11) is 1.75. The molecule has 0 unspecified atom stereocenters. The standard InChI is InChI=1S/C22H25N9O3S/c1-30(2)12-11-27-35(32,33)17-9-7-16(8-10-17)13-25-29-21-18-14-26-31(22(18)24-15-23-21)19-5-4-6-20(28-19)34-3/h4-10,13-15,27H,11-12H2,1-3H3,(H,23,24,29)/b25-13-. The van der Waals surface area contributed by atoms with E-state index < -0.39 is 10.0 Å². The van der Waals surface area contributed by atoms with Crippen LogP contribution in [-0.4, -0.2) is 78.6 Å². The summed E-state index contributed by atoms with van der Waals surface area (Å²) >= 11 is 0. The molecule has 2 N–H and O–H groups in total. The highest BCUT2D eigenvalue weighted by atomic mass is 32.2. The van der Waals surface area contributed by atoms with E-state index in [2.05, 4.69) is 35.3 Å². The zero-order valence-corrected chi connectivity index (χ0v) is 20.3. The molecule has 0 aliphatic carbocycles. The Morgan fingerprint density at radius 3 is 2.69 bits per heavy atom. The first-order chi connectivity index (χ1) is 16.9. The molecule has 182 valence electrons. The van der Waals surface area contributed by atoms with Crippen molar-refractivity contribution in [3.63, 3.8) is 0 Å². The molecule has 0 aliphatic heterocycles. The summed E-state index contributed by atoms with van der Waals surface area (Å²) in [4.78, 5) is 15.0. The Morgan fingerprint density at radius 1 is 1.14 bits per heavy atom. The largest absolute Gasteiger partial charge is 0.481 e. The second-order valence-corrected chi connectivity index (χ2v) is 9.46. The van der Waals surface area contributed by atoms with Crippen molar-refractivity contribution >= 4 is 33.1 Å². The van der Waals surface area contributed by atoms with Crippen LogP contribution in [0.5, 0.6) is 5.88 Å². The lowest BCUT2D eigenvalue weighted by atomic mass is 10.2. The fraction of sp³-hybridized carbons (Fsp3) is 0.227. The molecule has 0 fully saturated rings. The van der Waals surface area contributed by atoms with Crippen molar-refractivity contribution < 1.29 is 13.2 Å². The van der Waals surface area contributed by atoms with Crippen LogP contribution in [0.2, 0.25) is 0 Å². The van der Waals surface area contributed by atoms with Gasteiger partial charge in [0.1, 0.15) is 6.33 Å². The van der Waals surface area contributed by atoms with Gasteiger partial charge in [0, 0.05) is 19.2 Å². The molecule has 0 spiro atoms. The molecule has 0 amide bonds. The van der Waals surface area contributed by atoms with Gasteiger partial charge < -0.3 is 9.64 Å². The lowest BCUT2D eigenvalue weighted by molar-refractivity contribution is 0.397. The molecule has 4 rings (SSSR count). The summed E-state index contributed by atoms with van der Waals surface area (Å²) in [6.45, 7) is 0.946. The molecule has 0 radical (unpaired) electrons. The number of ether oxygens (including phenoxy) is 1. The van der Waals surface area contributed by atoms with Crippen LogP contribution in [0.15, 0.2) is 65.0 Å². The minimum atomic E-state index is -3.56. The summed E-state index contributed by atoms with van der Waals surface area (Å²) in [5.74, 6) is 1.48. The molecule has 4 aromatic rings. The van der Waals surface area contributed by atoms with Gasteiger partial charge in [0.25, 0.3) is 0 Å². The Kier molecular flexibility index (Phi) is 7.29. The number of hydrogen-bond acceptors (Lipinski definition) is 10.